The van der Waals surface area contributed by atoms with E-state index >= 15 is 0 Å². The van der Waals surface area contributed by atoms with Gasteiger partial charge in [0.25, 0.3) is 0 Å². The molecule has 1 heterocycles. The van der Waals surface area contributed by atoms with Crippen molar-refractivity contribution in [2.24, 2.45) is 0 Å². The molecule has 112 valence electrons. The van der Waals surface area contributed by atoms with E-state index in [-0.39, 0.29) is 11.9 Å². The largest absolute Gasteiger partial charge is 0.466 e. The molecule has 2 rings (SSSR count). The lowest BCUT2D eigenvalue weighted by molar-refractivity contribution is -0.115. The van der Waals surface area contributed by atoms with Crippen molar-refractivity contribution in [2.45, 2.75) is 25.2 Å². The van der Waals surface area contributed by atoms with Gasteiger partial charge in [0.2, 0.25) is 11.9 Å². The molecule has 6 nitrogen and oxygen atoms in total. The summed E-state index contributed by atoms with van der Waals surface area (Å²) in [6, 6.07) is 6.51. The SMILES string of the molecule is COc1n[nH]c(NC(=O)CCSc2ccc(C)c(C)c2)n1. The average molecular weight is 306 g/mol. The number of aromatic nitrogens is 3. The summed E-state index contributed by atoms with van der Waals surface area (Å²) >= 11 is 1.66. The highest BCUT2D eigenvalue weighted by Gasteiger charge is 2.07. The van der Waals surface area contributed by atoms with Crippen LogP contribution in [0.25, 0.3) is 0 Å². The maximum atomic E-state index is 11.8. The van der Waals surface area contributed by atoms with E-state index in [0.717, 1.165) is 0 Å². The Hall–Kier alpha value is -2.02. The van der Waals surface area contributed by atoms with E-state index in [1.807, 2.05) is 0 Å². The molecule has 0 atom stereocenters. The first-order valence-electron chi connectivity index (χ1n) is 6.55. The lowest BCUT2D eigenvalue weighted by Gasteiger charge is -2.05. The molecule has 1 aromatic carbocycles. The molecular formula is C14H18N4O2S. The fourth-order valence-corrected chi connectivity index (χ4v) is 2.60. The van der Waals surface area contributed by atoms with Gasteiger partial charge in [-0.2, -0.15) is 4.98 Å². The van der Waals surface area contributed by atoms with Crippen LogP contribution >= 0.6 is 11.8 Å². The topological polar surface area (TPSA) is 79.9 Å². The monoisotopic (exact) mass is 306 g/mol. The quantitative estimate of drug-likeness (QED) is 0.802. The standard InChI is InChI=1S/C14H18N4O2S/c1-9-4-5-11(8-10(9)2)21-7-6-12(19)15-13-16-14(20-3)18-17-13/h4-5,8H,6-7H2,1-3H3,(H2,15,16,17,18,19). The molecule has 0 bridgehead atoms. The maximum Gasteiger partial charge on any atom is 0.336 e. The molecule has 0 aliphatic rings. The number of benzene rings is 1. The second-order valence-corrected chi connectivity index (χ2v) is 5.73. The zero-order chi connectivity index (χ0) is 15.2. The number of hydrogen-bond acceptors (Lipinski definition) is 5. The third kappa shape index (κ3) is 4.49. The molecule has 0 aliphatic heterocycles. The van der Waals surface area contributed by atoms with Gasteiger partial charge in [-0.3, -0.25) is 10.1 Å². The van der Waals surface area contributed by atoms with Gasteiger partial charge in [0.1, 0.15) is 0 Å². The lowest BCUT2D eigenvalue weighted by atomic mass is 10.1. The third-order valence-corrected chi connectivity index (χ3v) is 3.98. The Bertz CT molecular complexity index is 627. The van der Waals surface area contributed by atoms with Gasteiger partial charge in [-0.1, -0.05) is 6.07 Å². The van der Waals surface area contributed by atoms with Gasteiger partial charge in [-0.15, -0.1) is 16.9 Å². The van der Waals surface area contributed by atoms with E-state index in [2.05, 4.69) is 52.5 Å². The van der Waals surface area contributed by atoms with Crippen molar-refractivity contribution >= 4 is 23.6 Å². The van der Waals surface area contributed by atoms with Crippen LogP contribution in [0.1, 0.15) is 17.5 Å². The van der Waals surface area contributed by atoms with Crippen LogP contribution in [-0.4, -0.2) is 34.0 Å². The fourth-order valence-electron chi connectivity index (χ4n) is 1.65. The normalized spacial score (nSPS) is 10.4. The highest BCUT2D eigenvalue weighted by atomic mass is 32.2. The van der Waals surface area contributed by atoms with Crippen molar-refractivity contribution in [1.82, 2.24) is 15.2 Å². The zero-order valence-electron chi connectivity index (χ0n) is 12.3. The number of rotatable bonds is 6. The minimum Gasteiger partial charge on any atom is -0.466 e. The minimum absolute atomic E-state index is 0.106. The number of nitrogens with zero attached hydrogens (tertiary/aromatic N) is 2. The first kappa shape index (κ1) is 15.4. The Morgan fingerprint density at radius 3 is 2.86 bits per heavy atom. The van der Waals surface area contributed by atoms with Gasteiger partial charge in [0.15, 0.2) is 0 Å². The van der Waals surface area contributed by atoms with E-state index in [0.29, 0.717) is 18.1 Å². The molecule has 0 radical (unpaired) electrons. The molecule has 0 aliphatic carbocycles. The first-order valence-corrected chi connectivity index (χ1v) is 7.53. The van der Waals surface area contributed by atoms with E-state index in [4.69, 9.17) is 4.74 Å². The molecule has 7 heteroatoms. The summed E-state index contributed by atoms with van der Waals surface area (Å²) in [5, 5.41) is 8.98. The number of nitrogens with one attached hydrogen (secondary N) is 2. The number of amides is 1. The van der Waals surface area contributed by atoms with Crippen LogP contribution in [-0.2, 0) is 4.79 Å². The number of carbonyl (C=O) groups is 1. The molecule has 0 fully saturated rings. The predicted molar refractivity (Wildman–Crippen MR) is 82.8 cm³/mol. The van der Waals surface area contributed by atoms with Crippen LogP contribution in [0.15, 0.2) is 23.1 Å². The smallest absolute Gasteiger partial charge is 0.336 e. The third-order valence-electron chi connectivity index (χ3n) is 2.98. The zero-order valence-corrected chi connectivity index (χ0v) is 13.1. The Morgan fingerprint density at radius 2 is 2.19 bits per heavy atom. The van der Waals surface area contributed by atoms with Crippen LogP contribution in [0.2, 0.25) is 0 Å². The molecule has 1 aromatic heterocycles. The summed E-state index contributed by atoms with van der Waals surface area (Å²) in [6.07, 6.45) is 0.403. The van der Waals surface area contributed by atoms with Crippen LogP contribution in [0.5, 0.6) is 6.01 Å². The number of anilines is 1. The Kier molecular flexibility index (Phi) is 5.21. The molecule has 21 heavy (non-hydrogen) atoms. The van der Waals surface area contributed by atoms with E-state index in [1.54, 1.807) is 11.8 Å². The van der Waals surface area contributed by atoms with Crippen LogP contribution in [0.3, 0.4) is 0 Å². The lowest BCUT2D eigenvalue weighted by Crippen LogP contribution is -2.13. The van der Waals surface area contributed by atoms with Gasteiger partial charge in [-0.25, -0.2) is 5.10 Å². The van der Waals surface area contributed by atoms with E-state index in [1.165, 1.54) is 23.1 Å². The van der Waals surface area contributed by atoms with Gasteiger partial charge in [-0.05, 0) is 37.1 Å². The van der Waals surface area contributed by atoms with Gasteiger partial charge >= 0.3 is 6.01 Å². The van der Waals surface area contributed by atoms with Gasteiger partial charge in [0.05, 0.1) is 7.11 Å². The van der Waals surface area contributed by atoms with Crippen molar-refractivity contribution < 1.29 is 9.53 Å². The number of aryl methyl sites for hydroxylation is 2. The highest BCUT2D eigenvalue weighted by Crippen LogP contribution is 2.21. The molecular weight excluding hydrogens is 288 g/mol. The average Bonchev–Trinajstić information content (AvgIpc) is 2.90. The second-order valence-electron chi connectivity index (χ2n) is 4.56. The van der Waals surface area contributed by atoms with Crippen LogP contribution < -0.4 is 10.1 Å². The number of methoxy groups -OCH3 is 1. The van der Waals surface area contributed by atoms with Crippen molar-refractivity contribution in [2.75, 3.05) is 18.2 Å². The Balaban J connectivity index is 1.77. The number of H-pyrrole nitrogens is 1. The molecule has 2 N–H and O–H groups in total. The van der Waals surface area contributed by atoms with Gasteiger partial charge < -0.3 is 4.74 Å². The van der Waals surface area contributed by atoms with Crippen molar-refractivity contribution in [3.63, 3.8) is 0 Å². The number of hydrogen-bond donors (Lipinski definition) is 2. The maximum absolute atomic E-state index is 11.8. The van der Waals surface area contributed by atoms with Crippen LogP contribution in [0, 0.1) is 13.8 Å². The number of ether oxygens (including phenoxy) is 1. The van der Waals surface area contributed by atoms with Crippen molar-refractivity contribution in [1.29, 1.82) is 0 Å². The summed E-state index contributed by atoms with van der Waals surface area (Å²) in [7, 11) is 1.47. The van der Waals surface area contributed by atoms with Gasteiger partial charge in [0, 0.05) is 17.1 Å². The number of aromatic amines is 1. The first-order chi connectivity index (χ1) is 10.1. The number of thioether (sulfide) groups is 1. The fraction of sp³-hybridized carbons (Fsp3) is 0.357. The molecule has 2 aromatic rings. The Morgan fingerprint density at radius 1 is 1.38 bits per heavy atom. The summed E-state index contributed by atoms with van der Waals surface area (Å²) < 4.78 is 4.83. The molecule has 0 saturated carbocycles. The summed E-state index contributed by atoms with van der Waals surface area (Å²) in [5.74, 6) is 0.901. The molecule has 1 amide bonds. The highest BCUT2D eigenvalue weighted by molar-refractivity contribution is 7.99. The summed E-state index contributed by atoms with van der Waals surface area (Å²) in [5.41, 5.74) is 2.54. The van der Waals surface area contributed by atoms with E-state index in [9.17, 15) is 4.79 Å². The summed E-state index contributed by atoms with van der Waals surface area (Å²) in [4.78, 5) is 16.9. The molecule has 0 unspecified atom stereocenters. The second kappa shape index (κ2) is 7.12. The Labute approximate surface area is 127 Å². The van der Waals surface area contributed by atoms with Crippen molar-refractivity contribution in [3.05, 3.63) is 29.3 Å². The minimum atomic E-state index is -0.106. The van der Waals surface area contributed by atoms with Crippen molar-refractivity contribution in [3.8, 4) is 6.01 Å². The number of carbonyl (C=O) groups excluding carboxylic acids is 1. The molecule has 0 spiro atoms. The summed E-state index contributed by atoms with van der Waals surface area (Å²) in [6.45, 7) is 4.17. The predicted octanol–water partition coefficient (Wildman–Crippen LogP) is 2.55. The van der Waals surface area contributed by atoms with Crippen LogP contribution in [0.4, 0.5) is 5.95 Å². The molecule has 0 saturated heterocycles. The van der Waals surface area contributed by atoms with E-state index < -0.39 is 0 Å².